The van der Waals surface area contributed by atoms with Crippen molar-refractivity contribution in [2.24, 2.45) is 11.7 Å². The predicted octanol–water partition coefficient (Wildman–Crippen LogP) is 1.02. The number of amides is 1. The summed E-state index contributed by atoms with van der Waals surface area (Å²) in [5, 5.41) is 7.15. The quantitative estimate of drug-likeness (QED) is 0.859. The van der Waals surface area contributed by atoms with Crippen molar-refractivity contribution in [1.29, 1.82) is 0 Å². The van der Waals surface area contributed by atoms with Crippen LogP contribution >= 0.6 is 0 Å². The molecule has 1 amide bonds. The number of nitrogens with one attached hydrogen (secondary N) is 1. The zero-order chi connectivity index (χ0) is 16.1. The third kappa shape index (κ3) is 4.14. The lowest BCUT2D eigenvalue weighted by Gasteiger charge is -2.26. The van der Waals surface area contributed by atoms with Gasteiger partial charge in [0.25, 0.3) is 0 Å². The Morgan fingerprint density at radius 1 is 1.35 bits per heavy atom. The van der Waals surface area contributed by atoms with E-state index in [1.807, 2.05) is 18.3 Å². The van der Waals surface area contributed by atoms with Gasteiger partial charge in [-0.05, 0) is 36.5 Å². The maximum absolute atomic E-state index is 12.2. The van der Waals surface area contributed by atoms with Gasteiger partial charge in [-0.25, -0.2) is 0 Å². The van der Waals surface area contributed by atoms with E-state index >= 15 is 0 Å². The molecule has 23 heavy (non-hydrogen) atoms. The van der Waals surface area contributed by atoms with Gasteiger partial charge in [-0.15, -0.1) is 0 Å². The van der Waals surface area contributed by atoms with Crippen LogP contribution in [0.1, 0.15) is 18.4 Å². The van der Waals surface area contributed by atoms with Crippen molar-refractivity contribution in [2.45, 2.75) is 25.4 Å². The van der Waals surface area contributed by atoms with Gasteiger partial charge in [0.1, 0.15) is 0 Å². The molecular formula is C16H21N5O2. The number of hydrogen-bond donors (Lipinski definition) is 2. The topological polar surface area (TPSA) is 95.1 Å². The highest BCUT2D eigenvalue weighted by atomic mass is 16.5. The fourth-order valence-electron chi connectivity index (χ4n) is 2.69. The molecule has 2 aromatic rings. The number of aromatic nitrogens is 3. The average Bonchev–Trinajstić information content (AvgIpc) is 3.02. The van der Waals surface area contributed by atoms with E-state index in [4.69, 9.17) is 10.5 Å². The Morgan fingerprint density at radius 2 is 2.09 bits per heavy atom. The minimum atomic E-state index is -0.524. The minimum Gasteiger partial charge on any atom is -0.381 e. The fraction of sp³-hybridized carbons (Fsp3) is 0.438. The van der Waals surface area contributed by atoms with Gasteiger partial charge in [0.05, 0.1) is 12.6 Å². The lowest BCUT2D eigenvalue weighted by Crippen LogP contribution is -2.44. The Morgan fingerprint density at radius 3 is 2.83 bits per heavy atom. The van der Waals surface area contributed by atoms with Gasteiger partial charge in [-0.2, -0.15) is 5.10 Å². The van der Waals surface area contributed by atoms with Gasteiger partial charge in [-0.1, -0.05) is 0 Å². The highest BCUT2D eigenvalue weighted by Gasteiger charge is 2.26. The van der Waals surface area contributed by atoms with Crippen LogP contribution in [0.25, 0.3) is 0 Å². The van der Waals surface area contributed by atoms with Gasteiger partial charge in [0.2, 0.25) is 5.91 Å². The largest absolute Gasteiger partial charge is 0.381 e. The van der Waals surface area contributed by atoms with E-state index in [9.17, 15) is 4.79 Å². The predicted molar refractivity (Wildman–Crippen MR) is 85.7 cm³/mol. The second-order valence-corrected chi connectivity index (χ2v) is 5.72. The molecule has 7 heteroatoms. The number of nitrogens with zero attached hydrogens (tertiary/aromatic N) is 3. The van der Waals surface area contributed by atoms with Crippen molar-refractivity contribution in [3.05, 3.63) is 42.4 Å². The van der Waals surface area contributed by atoms with E-state index < -0.39 is 6.04 Å². The van der Waals surface area contributed by atoms with Crippen molar-refractivity contribution in [2.75, 3.05) is 18.5 Å². The first-order chi connectivity index (χ1) is 11.2. The highest BCUT2D eigenvalue weighted by molar-refractivity contribution is 5.94. The third-order valence-electron chi connectivity index (χ3n) is 4.06. The Labute approximate surface area is 134 Å². The molecule has 0 saturated carbocycles. The molecule has 1 saturated heterocycles. The summed E-state index contributed by atoms with van der Waals surface area (Å²) in [6, 6.07) is 5.11. The molecule has 0 aromatic carbocycles. The van der Waals surface area contributed by atoms with Crippen LogP contribution in [0.2, 0.25) is 0 Å². The molecule has 122 valence electrons. The number of ether oxygens (including phenoxy) is 1. The molecule has 1 unspecified atom stereocenters. The van der Waals surface area contributed by atoms with E-state index in [0.29, 0.717) is 25.6 Å². The van der Waals surface area contributed by atoms with Crippen molar-refractivity contribution >= 4 is 11.7 Å². The average molecular weight is 315 g/mol. The van der Waals surface area contributed by atoms with Gasteiger partial charge in [-0.3, -0.25) is 14.5 Å². The van der Waals surface area contributed by atoms with Crippen molar-refractivity contribution in [1.82, 2.24) is 14.8 Å². The van der Waals surface area contributed by atoms with Crippen LogP contribution in [0.15, 0.2) is 36.8 Å². The summed E-state index contributed by atoms with van der Waals surface area (Å²) < 4.78 is 7.07. The van der Waals surface area contributed by atoms with E-state index in [1.165, 1.54) is 0 Å². The lowest BCUT2D eigenvalue weighted by molar-refractivity contribution is -0.119. The first kappa shape index (κ1) is 15.6. The SMILES string of the molecule is NC(C(=O)Nc1ccn(Cc2ccncc2)n1)C1CCOCC1. The molecule has 7 nitrogen and oxygen atoms in total. The Bertz CT molecular complexity index is 637. The number of anilines is 1. The van der Waals surface area contributed by atoms with E-state index in [2.05, 4.69) is 15.4 Å². The molecular weight excluding hydrogens is 294 g/mol. The molecule has 1 atom stereocenters. The summed E-state index contributed by atoms with van der Waals surface area (Å²) in [4.78, 5) is 16.2. The molecule has 1 aliphatic heterocycles. The molecule has 3 rings (SSSR count). The lowest BCUT2D eigenvalue weighted by atomic mass is 9.92. The van der Waals surface area contributed by atoms with E-state index in [-0.39, 0.29) is 11.8 Å². The molecule has 3 N–H and O–H groups in total. The third-order valence-corrected chi connectivity index (χ3v) is 4.06. The van der Waals surface area contributed by atoms with Crippen molar-refractivity contribution in [3.8, 4) is 0 Å². The number of pyridine rings is 1. The summed E-state index contributed by atoms with van der Waals surface area (Å²) in [6.45, 7) is 1.98. The standard InChI is InChI=1S/C16H21N5O2/c17-15(13-4-9-23-10-5-13)16(22)19-14-3-8-21(20-14)11-12-1-6-18-7-2-12/h1-3,6-8,13,15H,4-5,9-11,17H2,(H,19,20,22). The van der Waals surface area contributed by atoms with Crippen LogP contribution in [-0.2, 0) is 16.1 Å². The molecule has 0 bridgehead atoms. The van der Waals surface area contributed by atoms with Crippen LogP contribution in [0, 0.1) is 5.92 Å². The Balaban J connectivity index is 1.56. The second-order valence-electron chi connectivity index (χ2n) is 5.72. The molecule has 0 radical (unpaired) electrons. The van der Waals surface area contributed by atoms with Crippen LogP contribution < -0.4 is 11.1 Å². The maximum atomic E-state index is 12.2. The number of hydrogen-bond acceptors (Lipinski definition) is 5. The van der Waals surface area contributed by atoms with Crippen molar-refractivity contribution < 1.29 is 9.53 Å². The maximum Gasteiger partial charge on any atom is 0.242 e. The summed E-state index contributed by atoms with van der Waals surface area (Å²) >= 11 is 0. The molecule has 1 fully saturated rings. The number of carbonyl (C=O) groups excluding carboxylic acids is 1. The molecule has 2 aromatic heterocycles. The van der Waals surface area contributed by atoms with Gasteiger partial charge >= 0.3 is 0 Å². The molecule has 1 aliphatic rings. The van der Waals surface area contributed by atoms with Crippen LogP contribution in [-0.4, -0.2) is 39.9 Å². The van der Waals surface area contributed by atoms with E-state index in [0.717, 1.165) is 18.4 Å². The second kappa shape index (κ2) is 7.34. The fourth-order valence-corrected chi connectivity index (χ4v) is 2.69. The Kier molecular flexibility index (Phi) is 4.99. The zero-order valence-corrected chi connectivity index (χ0v) is 12.9. The smallest absolute Gasteiger partial charge is 0.242 e. The summed E-state index contributed by atoms with van der Waals surface area (Å²) in [5.41, 5.74) is 7.16. The van der Waals surface area contributed by atoms with Gasteiger partial charge in [0, 0.05) is 37.9 Å². The summed E-state index contributed by atoms with van der Waals surface area (Å²) in [6.07, 6.45) is 6.97. The number of rotatable bonds is 5. The van der Waals surface area contributed by atoms with Gasteiger partial charge < -0.3 is 15.8 Å². The van der Waals surface area contributed by atoms with Crippen LogP contribution in [0.3, 0.4) is 0 Å². The van der Waals surface area contributed by atoms with E-state index in [1.54, 1.807) is 23.1 Å². The summed E-state index contributed by atoms with van der Waals surface area (Å²) in [7, 11) is 0. The summed E-state index contributed by atoms with van der Waals surface area (Å²) in [5.74, 6) is 0.500. The number of nitrogens with two attached hydrogens (primary N) is 1. The molecule has 0 spiro atoms. The first-order valence-electron chi connectivity index (χ1n) is 7.79. The molecule has 0 aliphatic carbocycles. The van der Waals surface area contributed by atoms with Gasteiger partial charge in [0.15, 0.2) is 5.82 Å². The molecule has 3 heterocycles. The monoisotopic (exact) mass is 315 g/mol. The van der Waals surface area contributed by atoms with Crippen molar-refractivity contribution in [3.63, 3.8) is 0 Å². The highest BCUT2D eigenvalue weighted by Crippen LogP contribution is 2.18. The normalized spacial score (nSPS) is 16.9. The number of carbonyl (C=O) groups is 1. The minimum absolute atomic E-state index is 0.169. The zero-order valence-electron chi connectivity index (χ0n) is 12.9. The van der Waals surface area contributed by atoms with Crippen LogP contribution in [0.5, 0.6) is 0 Å². The first-order valence-corrected chi connectivity index (χ1v) is 7.79. The van der Waals surface area contributed by atoms with Crippen LogP contribution in [0.4, 0.5) is 5.82 Å². The Hall–Kier alpha value is -2.25.